The van der Waals surface area contributed by atoms with Gasteiger partial charge in [-0.1, -0.05) is 35.3 Å². The van der Waals surface area contributed by atoms with E-state index in [1.165, 1.54) is 23.5 Å². The molecule has 2 rings (SSSR count). The quantitative estimate of drug-likeness (QED) is 0.676. The van der Waals surface area contributed by atoms with E-state index >= 15 is 0 Å². The predicted molar refractivity (Wildman–Crippen MR) is 101 cm³/mol. The van der Waals surface area contributed by atoms with Gasteiger partial charge in [0.25, 0.3) is 10.0 Å². The van der Waals surface area contributed by atoms with Crippen molar-refractivity contribution in [1.82, 2.24) is 0 Å². The first kappa shape index (κ1) is 19.7. The van der Waals surface area contributed by atoms with Gasteiger partial charge in [0.2, 0.25) is 0 Å². The molecule has 0 atom stereocenters. The Labute approximate surface area is 158 Å². The fraction of sp³-hybridized carbons (Fsp3) is 0.294. The number of anilines is 1. The number of nitrogens with zero attached hydrogens (tertiary/aromatic N) is 1. The largest absolute Gasteiger partial charge is 0.495 e. The highest BCUT2D eigenvalue weighted by molar-refractivity contribution is 7.93. The summed E-state index contributed by atoms with van der Waals surface area (Å²) in [5.74, 6) is 0.787. The molecule has 5 nitrogen and oxygen atoms in total. The summed E-state index contributed by atoms with van der Waals surface area (Å²) >= 11 is 12.3. The fourth-order valence-electron chi connectivity index (χ4n) is 2.40. The third-order valence-electron chi connectivity index (χ3n) is 3.52. The molecule has 0 fully saturated rings. The molecule has 0 bridgehead atoms. The summed E-state index contributed by atoms with van der Waals surface area (Å²) in [4.78, 5) is -0.0897. The average molecular weight is 404 g/mol. The van der Waals surface area contributed by atoms with Gasteiger partial charge in [0.1, 0.15) is 21.4 Å². The van der Waals surface area contributed by atoms with Crippen molar-refractivity contribution < 1.29 is 17.9 Å². The molecule has 0 unspecified atom stereocenters. The third kappa shape index (κ3) is 3.81. The molecule has 0 spiro atoms. The number of ether oxygens (including phenoxy) is 2. The molecular formula is C17H19Cl2NO4S. The predicted octanol–water partition coefficient (Wildman–Crippen LogP) is 4.62. The van der Waals surface area contributed by atoms with Crippen LogP contribution >= 0.6 is 23.2 Å². The van der Waals surface area contributed by atoms with Gasteiger partial charge in [0, 0.05) is 6.54 Å². The second-order valence-electron chi connectivity index (χ2n) is 4.96. The fourth-order valence-corrected chi connectivity index (χ4v) is 4.70. The normalized spacial score (nSPS) is 11.2. The first-order valence-corrected chi connectivity index (χ1v) is 9.84. The van der Waals surface area contributed by atoms with Crippen molar-refractivity contribution in [3.05, 3.63) is 46.4 Å². The van der Waals surface area contributed by atoms with Crippen LogP contribution in [0.3, 0.4) is 0 Å². The molecule has 0 aliphatic rings. The molecule has 0 amide bonds. The van der Waals surface area contributed by atoms with Crippen LogP contribution in [0.1, 0.15) is 13.8 Å². The summed E-state index contributed by atoms with van der Waals surface area (Å²) in [5, 5.41) is -0.0206. The van der Waals surface area contributed by atoms with Crippen LogP contribution in [0.5, 0.6) is 11.5 Å². The van der Waals surface area contributed by atoms with E-state index in [-0.39, 0.29) is 21.5 Å². The van der Waals surface area contributed by atoms with Crippen LogP contribution in [0.4, 0.5) is 5.69 Å². The van der Waals surface area contributed by atoms with Gasteiger partial charge in [-0.15, -0.1) is 0 Å². The van der Waals surface area contributed by atoms with E-state index in [1.54, 1.807) is 31.2 Å². The minimum absolute atomic E-state index is 0.0550. The third-order valence-corrected chi connectivity index (χ3v) is 6.43. The van der Waals surface area contributed by atoms with E-state index in [4.69, 9.17) is 32.7 Å². The Balaban J connectivity index is 2.60. The van der Waals surface area contributed by atoms with Crippen molar-refractivity contribution in [2.45, 2.75) is 18.7 Å². The zero-order valence-corrected chi connectivity index (χ0v) is 16.5. The molecule has 136 valence electrons. The SMILES string of the molecule is CCOc1ccccc1N(CC)S(=O)(=O)c1ccc(OC)c(Cl)c1Cl. The zero-order valence-electron chi connectivity index (χ0n) is 14.1. The molecule has 0 aliphatic carbocycles. The molecule has 0 saturated heterocycles. The summed E-state index contributed by atoms with van der Waals surface area (Å²) in [6, 6.07) is 9.80. The summed E-state index contributed by atoms with van der Waals surface area (Å²) in [6.45, 7) is 4.19. The lowest BCUT2D eigenvalue weighted by atomic mass is 10.3. The first-order chi connectivity index (χ1) is 11.9. The van der Waals surface area contributed by atoms with E-state index in [0.29, 0.717) is 23.8 Å². The molecule has 25 heavy (non-hydrogen) atoms. The number of sulfonamides is 1. The van der Waals surface area contributed by atoms with E-state index in [9.17, 15) is 8.42 Å². The van der Waals surface area contributed by atoms with Gasteiger partial charge in [0.05, 0.1) is 24.4 Å². The molecule has 0 aromatic heterocycles. The van der Waals surface area contributed by atoms with E-state index < -0.39 is 10.0 Å². The molecule has 0 aliphatic heterocycles. The minimum atomic E-state index is -3.94. The average Bonchev–Trinajstić information content (AvgIpc) is 2.59. The zero-order chi connectivity index (χ0) is 18.6. The van der Waals surface area contributed by atoms with Gasteiger partial charge in [-0.3, -0.25) is 4.31 Å². The van der Waals surface area contributed by atoms with Gasteiger partial charge in [-0.05, 0) is 38.1 Å². The van der Waals surface area contributed by atoms with Crippen LogP contribution in [-0.4, -0.2) is 28.7 Å². The molecule has 2 aromatic rings. The lowest BCUT2D eigenvalue weighted by Gasteiger charge is -2.25. The summed E-state index contributed by atoms with van der Waals surface area (Å²) in [7, 11) is -2.51. The highest BCUT2D eigenvalue weighted by Gasteiger charge is 2.29. The van der Waals surface area contributed by atoms with E-state index in [1.807, 2.05) is 6.92 Å². The summed E-state index contributed by atoms with van der Waals surface area (Å²) < 4.78 is 38.2. The van der Waals surface area contributed by atoms with Crippen LogP contribution in [0.15, 0.2) is 41.3 Å². The second-order valence-corrected chi connectivity index (χ2v) is 7.55. The number of methoxy groups -OCH3 is 1. The number of benzene rings is 2. The Bertz CT molecular complexity index is 856. The minimum Gasteiger partial charge on any atom is -0.495 e. The van der Waals surface area contributed by atoms with E-state index in [2.05, 4.69) is 0 Å². The Kier molecular flexibility index (Phi) is 6.43. The van der Waals surface area contributed by atoms with Crippen molar-refractivity contribution in [2.75, 3.05) is 24.6 Å². The lowest BCUT2D eigenvalue weighted by Crippen LogP contribution is -2.31. The maximum absolute atomic E-state index is 13.2. The first-order valence-electron chi connectivity index (χ1n) is 7.65. The van der Waals surface area contributed by atoms with Crippen LogP contribution in [0, 0.1) is 0 Å². The van der Waals surface area contributed by atoms with Crippen LogP contribution in [0.2, 0.25) is 10.0 Å². The number of hydrogen-bond acceptors (Lipinski definition) is 4. The topological polar surface area (TPSA) is 55.8 Å². The van der Waals surface area contributed by atoms with Crippen molar-refractivity contribution in [3.8, 4) is 11.5 Å². The molecular weight excluding hydrogens is 385 g/mol. The maximum Gasteiger partial charge on any atom is 0.265 e. The van der Waals surface area contributed by atoms with Crippen molar-refractivity contribution in [1.29, 1.82) is 0 Å². The van der Waals surface area contributed by atoms with Gasteiger partial charge in [-0.25, -0.2) is 8.42 Å². The Hall–Kier alpha value is -1.63. The molecule has 8 heteroatoms. The van der Waals surface area contributed by atoms with Gasteiger partial charge < -0.3 is 9.47 Å². The standard InChI is InChI=1S/C17H19Cl2NO4S/c1-4-20(12-8-6-7-9-13(12)24-5-2)25(21,22)15-11-10-14(23-3)16(18)17(15)19/h6-11H,4-5H2,1-3H3. The maximum atomic E-state index is 13.2. The number of hydrogen-bond donors (Lipinski definition) is 0. The van der Waals surface area contributed by atoms with Crippen LogP contribution in [-0.2, 0) is 10.0 Å². The number of para-hydroxylation sites is 2. The van der Waals surface area contributed by atoms with Crippen molar-refractivity contribution in [3.63, 3.8) is 0 Å². The summed E-state index contributed by atoms with van der Waals surface area (Å²) in [6.07, 6.45) is 0. The van der Waals surface area contributed by atoms with Crippen LogP contribution < -0.4 is 13.8 Å². The van der Waals surface area contributed by atoms with E-state index in [0.717, 1.165) is 0 Å². The van der Waals surface area contributed by atoms with Crippen molar-refractivity contribution in [2.24, 2.45) is 0 Å². The molecule has 0 N–H and O–H groups in total. The Morgan fingerprint density at radius 3 is 2.28 bits per heavy atom. The van der Waals surface area contributed by atoms with Gasteiger partial charge in [-0.2, -0.15) is 0 Å². The molecule has 0 radical (unpaired) electrons. The van der Waals surface area contributed by atoms with Crippen LogP contribution in [0.25, 0.3) is 0 Å². The summed E-state index contributed by atoms with van der Waals surface area (Å²) in [5.41, 5.74) is 0.440. The monoisotopic (exact) mass is 403 g/mol. The molecule has 0 saturated carbocycles. The lowest BCUT2D eigenvalue weighted by molar-refractivity contribution is 0.341. The van der Waals surface area contributed by atoms with Gasteiger partial charge in [0.15, 0.2) is 0 Å². The highest BCUT2D eigenvalue weighted by atomic mass is 35.5. The molecule has 2 aromatic carbocycles. The number of rotatable bonds is 7. The Morgan fingerprint density at radius 2 is 1.68 bits per heavy atom. The van der Waals surface area contributed by atoms with Crippen molar-refractivity contribution >= 4 is 38.9 Å². The molecule has 0 heterocycles. The highest BCUT2D eigenvalue weighted by Crippen LogP contribution is 2.39. The smallest absolute Gasteiger partial charge is 0.265 e. The second kappa shape index (κ2) is 8.17. The van der Waals surface area contributed by atoms with Gasteiger partial charge >= 0.3 is 0 Å². The number of halogens is 2. The Morgan fingerprint density at radius 1 is 1.00 bits per heavy atom.